The summed E-state index contributed by atoms with van der Waals surface area (Å²) in [7, 11) is 1.93. The van der Waals surface area contributed by atoms with Crippen LogP contribution < -0.4 is 0 Å². The van der Waals surface area contributed by atoms with Gasteiger partial charge in [0.15, 0.2) is 0 Å². The summed E-state index contributed by atoms with van der Waals surface area (Å²) in [5, 5.41) is 0. The van der Waals surface area contributed by atoms with Crippen molar-refractivity contribution >= 4 is 0 Å². The first-order valence-corrected chi connectivity index (χ1v) is 5.63. The maximum Gasteiger partial charge on any atom is 0.319 e. The van der Waals surface area contributed by atoms with Crippen LogP contribution in [0.3, 0.4) is 0 Å². The summed E-state index contributed by atoms with van der Waals surface area (Å²) in [6.07, 6.45) is 6.18. The van der Waals surface area contributed by atoms with E-state index in [9.17, 15) is 8.78 Å². The van der Waals surface area contributed by atoms with Crippen LogP contribution in [0.25, 0.3) is 0 Å². The molecule has 0 radical (unpaired) electrons. The molecule has 1 aromatic rings. The van der Waals surface area contributed by atoms with Crippen LogP contribution in [0.2, 0.25) is 0 Å². The Balaban J connectivity index is 2.43. The molecule has 16 heavy (non-hydrogen) atoms. The second kappa shape index (κ2) is 6.58. The number of rotatable bonds is 7. The Hall–Kier alpha value is -0.970. The lowest BCUT2D eigenvalue weighted by atomic mass is 10.2. The van der Waals surface area contributed by atoms with E-state index in [1.54, 1.807) is 0 Å². The van der Waals surface area contributed by atoms with E-state index in [0.29, 0.717) is 12.4 Å². The summed E-state index contributed by atoms with van der Waals surface area (Å²) in [5.74, 6) is 0.425. The first-order chi connectivity index (χ1) is 7.65. The molecular weight excluding hydrogens is 212 g/mol. The average Bonchev–Trinajstić information content (AvgIpc) is 2.66. The molecule has 3 nitrogen and oxygen atoms in total. The predicted octanol–water partition coefficient (Wildman–Crippen LogP) is 2.90. The lowest BCUT2D eigenvalue weighted by Crippen LogP contribution is -2.21. The molecule has 0 saturated carbocycles. The van der Waals surface area contributed by atoms with E-state index in [2.05, 4.69) is 11.9 Å². The van der Waals surface area contributed by atoms with E-state index in [-0.39, 0.29) is 0 Å². The van der Waals surface area contributed by atoms with Gasteiger partial charge in [-0.05, 0) is 20.0 Å². The number of alkyl halides is 2. The maximum absolute atomic E-state index is 12.5. The molecule has 0 unspecified atom stereocenters. The summed E-state index contributed by atoms with van der Waals surface area (Å²) in [6, 6.07) is 0. The molecule has 0 atom stereocenters. The zero-order chi connectivity index (χ0) is 12.0. The highest BCUT2D eigenvalue weighted by molar-refractivity contribution is 4.92. The molecule has 0 aliphatic rings. The third kappa shape index (κ3) is 3.89. The highest BCUT2D eigenvalue weighted by atomic mass is 19.3. The van der Waals surface area contributed by atoms with Crippen LogP contribution in [-0.4, -0.2) is 28.0 Å². The predicted molar refractivity (Wildman–Crippen MR) is 59.3 cm³/mol. The highest BCUT2D eigenvalue weighted by Gasteiger charge is 2.12. The Kier molecular flexibility index (Phi) is 5.38. The summed E-state index contributed by atoms with van der Waals surface area (Å²) < 4.78 is 26.0. The summed E-state index contributed by atoms with van der Waals surface area (Å²) in [4.78, 5) is 5.97. The molecule has 1 heterocycles. The van der Waals surface area contributed by atoms with E-state index in [4.69, 9.17) is 0 Å². The van der Waals surface area contributed by atoms with Crippen molar-refractivity contribution in [3.63, 3.8) is 0 Å². The Morgan fingerprint density at radius 2 is 2.19 bits per heavy atom. The molecule has 0 bridgehead atoms. The molecule has 0 spiro atoms. The van der Waals surface area contributed by atoms with Crippen molar-refractivity contribution in [2.24, 2.45) is 0 Å². The van der Waals surface area contributed by atoms with Gasteiger partial charge >= 0.3 is 6.55 Å². The minimum absolute atomic E-state index is 0.425. The number of hydrogen-bond donors (Lipinski definition) is 0. The van der Waals surface area contributed by atoms with Gasteiger partial charge in [0, 0.05) is 12.4 Å². The highest BCUT2D eigenvalue weighted by Crippen LogP contribution is 2.13. The average molecular weight is 231 g/mol. The van der Waals surface area contributed by atoms with Gasteiger partial charge in [0.25, 0.3) is 0 Å². The lowest BCUT2D eigenvalue weighted by molar-refractivity contribution is 0.0645. The molecular formula is C11H19F2N3. The molecule has 0 aliphatic heterocycles. The van der Waals surface area contributed by atoms with Gasteiger partial charge in [0.1, 0.15) is 5.82 Å². The van der Waals surface area contributed by atoms with Crippen LogP contribution in [0.4, 0.5) is 8.78 Å². The van der Waals surface area contributed by atoms with Gasteiger partial charge in [-0.1, -0.05) is 19.8 Å². The lowest BCUT2D eigenvalue weighted by Gasteiger charge is -2.16. The molecule has 0 fully saturated rings. The fourth-order valence-electron chi connectivity index (χ4n) is 1.60. The molecule has 92 valence electrons. The number of nitrogens with zero attached hydrogens (tertiary/aromatic N) is 3. The molecule has 0 aliphatic carbocycles. The third-order valence-corrected chi connectivity index (χ3v) is 2.51. The fourth-order valence-corrected chi connectivity index (χ4v) is 1.60. The zero-order valence-electron chi connectivity index (χ0n) is 9.87. The molecule has 5 heteroatoms. The first-order valence-electron chi connectivity index (χ1n) is 5.63. The van der Waals surface area contributed by atoms with E-state index in [0.717, 1.165) is 17.5 Å². The van der Waals surface area contributed by atoms with Crippen molar-refractivity contribution in [1.82, 2.24) is 14.5 Å². The van der Waals surface area contributed by atoms with Crippen LogP contribution in [0.15, 0.2) is 12.4 Å². The Bertz CT molecular complexity index is 299. The summed E-state index contributed by atoms with van der Waals surface area (Å²) in [6.45, 7) is 1.04. The number of halogens is 2. The second-order valence-electron chi connectivity index (χ2n) is 3.97. The van der Waals surface area contributed by atoms with Gasteiger partial charge in [0.2, 0.25) is 0 Å². The van der Waals surface area contributed by atoms with Gasteiger partial charge in [-0.25, -0.2) is 4.98 Å². The number of aromatic nitrogens is 2. The van der Waals surface area contributed by atoms with Crippen LogP contribution >= 0.6 is 0 Å². The van der Waals surface area contributed by atoms with E-state index >= 15 is 0 Å². The van der Waals surface area contributed by atoms with E-state index in [1.165, 1.54) is 25.2 Å². The molecule has 0 aromatic carbocycles. The van der Waals surface area contributed by atoms with Crippen LogP contribution in [0.1, 0.15) is 38.6 Å². The normalized spacial score (nSPS) is 11.6. The fraction of sp³-hybridized carbons (Fsp3) is 0.727. The molecule has 1 aromatic heterocycles. The summed E-state index contributed by atoms with van der Waals surface area (Å²) in [5.41, 5.74) is 0. The van der Waals surface area contributed by atoms with Crippen LogP contribution in [0.5, 0.6) is 0 Å². The molecule has 1 rings (SSSR count). The van der Waals surface area contributed by atoms with Crippen molar-refractivity contribution in [3.05, 3.63) is 18.2 Å². The third-order valence-electron chi connectivity index (χ3n) is 2.51. The topological polar surface area (TPSA) is 21.1 Å². The monoisotopic (exact) mass is 231 g/mol. The van der Waals surface area contributed by atoms with Crippen molar-refractivity contribution in [2.45, 2.75) is 39.3 Å². The Labute approximate surface area is 95.1 Å². The minimum Gasteiger partial charge on any atom is -0.299 e. The van der Waals surface area contributed by atoms with Gasteiger partial charge in [-0.15, -0.1) is 0 Å². The van der Waals surface area contributed by atoms with Crippen LogP contribution in [-0.2, 0) is 6.54 Å². The Morgan fingerprint density at radius 3 is 2.81 bits per heavy atom. The second-order valence-corrected chi connectivity index (χ2v) is 3.97. The van der Waals surface area contributed by atoms with Gasteiger partial charge in [-0.3, -0.25) is 9.47 Å². The van der Waals surface area contributed by atoms with Crippen molar-refractivity contribution in [3.8, 4) is 0 Å². The van der Waals surface area contributed by atoms with Crippen molar-refractivity contribution in [1.29, 1.82) is 0 Å². The minimum atomic E-state index is -2.50. The van der Waals surface area contributed by atoms with Crippen molar-refractivity contribution < 1.29 is 8.78 Å². The van der Waals surface area contributed by atoms with E-state index < -0.39 is 6.55 Å². The Morgan fingerprint density at radius 1 is 1.44 bits per heavy atom. The smallest absolute Gasteiger partial charge is 0.299 e. The molecule has 0 N–H and O–H groups in total. The number of unbranched alkanes of at least 4 members (excludes halogenated alkanes) is 2. The van der Waals surface area contributed by atoms with Gasteiger partial charge in [0.05, 0.1) is 6.54 Å². The van der Waals surface area contributed by atoms with Gasteiger partial charge < -0.3 is 0 Å². The SMILES string of the molecule is CCCCCN(C)Cc1nccn1C(F)F. The van der Waals surface area contributed by atoms with Crippen molar-refractivity contribution in [2.75, 3.05) is 13.6 Å². The molecule has 0 amide bonds. The van der Waals surface area contributed by atoms with Gasteiger partial charge in [-0.2, -0.15) is 8.78 Å². The maximum atomic E-state index is 12.5. The standard InChI is InChI=1S/C11H19F2N3/c1-3-4-5-7-15(2)9-10-14-6-8-16(10)11(12)13/h6,8,11H,3-5,7,9H2,1-2H3. The molecule has 0 saturated heterocycles. The van der Waals surface area contributed by atoms with Crippen LogP contribution in [0, 0.1) is 0 Å². The number of hydrogen-bond acceptors (Lipinski definition) is 2. The zero-order valence-corrected chi connectivity index (χ0v) is 9.87. The first kappa shape index (κ1) is 13.1. The number of imidazole rings is 1. The summed E-state index contributed by atoms with van der Waals surface area (Å²) >= 11 is 0. The largest absolute Gasteiger partial charge is 0.319 e. The quantitative estimate of drug-likeness (QED) is 0.673. The van der Waals surface area contributed by atoms with E-state index in [1.807, 2.05) is 11.9 Å².